The first-order chi connectivity index (χ1) is 14.5. The van der Waals surface area contributed by atoms with Crippen LogP contribution in [-0.2, 0) is 16.0 Å². The average Bonchev–Trinajstić information content (AvgIpc) is 3.22. The van der Waals surface area contributed by atoms with Gasteiger partial charge in [0.2, 0.25) is 0 Å². The van der Waals surface area contributed by atoms with Crippen LogP contribution in [0.5, 0.6) is 11.8 Å². The summed E-state index contributed by atoms with van der Waals surface area (Å²) in [4.78, 5) is 16.5. The molecule has 2 aliphatic rings. The Bertz CT molecular complexity index is 870. The number of fused-ring (bicyclic) bond motifs is 1. The molecule has 4 rings (SSSR count). The van der Waals surface area contributed by atoms with Gasteiger partial charge in [-0.2, -0.15) is 0 Å². The monoisotopic (exact) mass is 418 g/mol. The van der Waals surface area contributed by atoms with Gasteiger partial charge in [0.25, 0.3) is 0 Å². The number of aryl methyl sites for hydroxylation is 1. The molecule has 3 heterocycles. The fourth-order valence-corrected chi connectivity index (χ4v) is 3.88. The molecular weight excluding hydrogens is 392 g/mol. The van der Waals surface area contributed by atoms with Crippen molar-refractivity contribution in [2.75, 3.05) is 38.8 Å². The van der Waals surface area contributed by atoms with E-state index in [1.807, 2.05) is 24.3 Å². The molecule has 10 heteroatoms. The summed E-state index contributed by atoms with van der Waals surface area (Å²) >= 11 is 0. The van der Waals surface area contributed by atoms with Gasteiger partial charge in [-0.05, 0) is 29.2 Å². The molecule has 0 bridgehead atoms. The van der Waals surface area contributed by atoms with Crippen LogP contribution in [-0.4, -0.2) is 60.3 Å². The van der Waals surface area contributed by atoms with Gasteiger partial charge in [-0.15, -0.1) is 0 Å². The van der Waals surface area contributed by atoms with E-state index in [-0.39, 0.29) is 17.9 Å². The predicted octanol–water partition coefficient (Wildman–Crippen LogP) is 2.61. The molecule has 0 radical (unpaired) electrons. The maximum atomic E-state index is 10.8. The molecule has 2 aliphatic heterocycles. The number of hydrogen-bond acceptors (Lipinski definition) is 8. The molecule has 2 aromatic rings. The highest BCUT2D eigenvalue weighted by atomic mass is 16.7. The first-order valence-electron chi connectivity index (χ1n) is 9.98. The predicted molar refractivity (Wildman–Crippen MR) is 108 cm³/mol. The molecule has 0 aliphatic carbocycles. The molecular formula is C20H26N4O6. The van der Waals surface area contributed by atoms with E-state index in [0.717, 1.165) is 37.4 Å². The topological polar surface area (TPSA) is 101 Å². The fraction of sp³-hybridized carbons (Fsp3) is 0.550. The standard InChI is InChI=1S/C20H26N4O6/c1-27-20(28-2)8-11-22(12-9-20)15-3-5-16(6-4-15)29-14-17-7-10-23-13-18(24(25)26)21-19(23)30-17/h3-6,13,17H,7-12,14H2,1-2H3/t17-/m1/s1. The van der Waals surface area contributed by atoms with E-state index in [1.54, 1.807) is 18.8 Å². The summed E-state index contributed by atoms with van der Waals surface area (Å²) in [6.07, 6.45) is 3.52. The van der Waals surface area contributed by atoms with Gasteiger partial charge in [-0.1, -0.05) is 0 Å². The number of anilines is 1. The van der Waals surface area contributed by atoms with Crippen molar-refractivity contribution in [2.45, 2.75) is 37.7 Å². The largest absolute Gasteiger partial charge is 0.490 e. The second-order valence-corrected chi connectivity index (χ2v) is 7.47. The number of nitro groups is 1. The van der Waals surface area contributed by atoms with Gasteiger partial charge in [0.15, 0.2) is 5.79 Å². The molecule has 162 valence electrons. The summed E-state index contributed by atoms with van der Waals surface area (Å²) < 4.78 is 24.3. The second-order valence-electron chi connectivity index (χ2n) is 7.47. The lowest BCUT2D eigenvalue weighted by atomic mass is 10.0. The van der Waals surface area contributed by atoms with E-state index < -0.39 is 10.7 Å². The van der Waals surface area contributed by atoms with E-state index in [1.165, 1.54) is 6.20 Å². The Hall–Kier alpha value is -2.85. The van der Waals surface area contributed by atoms with Crippen molar-refractivity contribution in [2.24, 2.45) is 0 Å². The number of methoxy groups -OCH3 is 2. The van der Waals surface area contributed by atoms with Crippen LogP contribution in [0.25, 0.3) is 0 Å². The van der Waals surface area contributed by atoms with Crippen molar-refractivity contribution >= 4 is 11.5 Å². The third-order valence-electron chi connectivity index (χ3n) is 5.79. The van der Waals surface area contributed by atoms with Crippen molar-refractivity contribution < 1.29 is 23.9 Å². The zero-order chi connectivity index (χ0) is 21.1. The number of aromatic nitrogens is 2. The van der Waals surface area contributed by atoms with Crippen molar-refractivity contribution in [3.63, 3.8) is 0 Å². The molecule has 30 heavy (non-hydrogen) atoms. The molecule has 0 unspecified atom stereocenters. The van der Waals surface area contributed by atoms with Gasteiger partial charge in [-0.25, -0.2) is 0 Å². The highest BCUT2D eigenvalue weighted by molar-refractivity contribution is 5.49. The number of ether oxygens (including phenoxy) is 4. The molecule has 0 amide bonds. The van der Waals surface area contributed by atoms with Gasteiger partial charge in [0.1, 0.15) is 24.7 Å². The average molecular weight is 418 g/mol. The maximum absolute atomic E-state index is 10.8. The summed E-state index contributed by atoms with van der Waals surface area (Å²) in [6, 6.07) is 8.24. The van der Waals surface area contributed by atoms with Crippen LogP contribution in [0.3, 0.4) is 0 Å². The van der Waals surface area contributed by atoms with Crippen LogP contribution >= 0.6 is 0 Å². The minimum atomic E-state index is -0.519. The third kappa shape index (κ3) is 4.19. The number of nitrogens with zero attached hydrogens (tertiary/aromatic N) is 4. The van der Waals surface area contributed by atoms with Crippen LogP contribution in [0.1, 0.15) is 19.3 Å². The Balaban J connectivity index is 1.29. The Morgan fingerprint density at radius 2 is 1.90 bits per heavy atom. The van der Waals surface area contributed by atoms with Crippen molar-refractivity contribution in [1.82, 2.24) is 9.55 Å². The van der Waals surface area contributed by atoms with Gasteiger partial charge in [0, 0.05) is 63.8 Å². The summed E-state index contributed by atoms with van der Waals surface area (Å²) in [5, 5.41) is 10.8. The Morgan fingerprint density at radius 3 is 2.53 bits per heavy atom. The third-order valence-corrected chi connectivity index (χ3v) is 5.79. The van der Waals surface area contributed by atoms with E-state index in [9.17, 15) is 10.1 Å². The summed E-state index contributed by atoms with van der Waals surface area (Å²) in [7, 11) is 3.38. The lowest BCUT2D eigenvalue weighted by Gasteiger charge is -2.40. The number of benzene rings is 1. The van der Waals surface area contributed by atoms with Crippen molar-refractivity contribution in [1.29, 1.82) is 0 Å². The molecule has 1 atom stereocenters. The van der Waals surface area contributed by atoms with E-state index >= 15 is 0 Å². The molecule has 1 aromatic carbocycles. The summed E-state index contributed by atoms with van der Waals surface area (Å²) in [5.41, 5.74) is 1.13. The normalized spacial score (nSPS) is 20.3. The van der Waals surface area contributed by atoms with Crippen LogP contribution in [0.2, 0.25) is 0 Å². The highest BCUT2D eigenvalue weighted by Crippen LogP contribution is 2.30. The van der Waals surface area contributed by atoms with Gasteiger partial charge in [0.05, 0.1) is 0 Å². The Morgan fingerprint density at radius 1 is 1.20 bits per heavy atom. The first kappa shape index (κ1) is 20.4. The maximum Gasteiger partial charge on any atom is 0.414 e. The van der Waals surface area contributed by atoms with Gasteiger partial charge < -0.3 is 34.0 Å². The Labute approximate surface area is 174 Å². The minimum absolute atomic E-state index is 0.197. The van der Waals surface area contributed by atoms with Gasteiger partial charge in [-0.3, -0.25) is 4.57 Å². The molecule has 1 saturated heterocycles. The van der Waals surface area contributed by atoms with E-state index in [2.05, 4.69) is 9.88 Å². The minimum Gasteiger partial charge on any atom is -0.490 e. The number of piperidine rings is 1. The van der Waals surface area contributed by atoms with Crippen molar-refractivity contribution in [3.05, 3.63) is 40.6 Å². The highest BCUT2D eigenvalue weighted by Gasteiger charge is 2.34. The second kappa shape index (κ2) is 8.49. The fourth-order valence-electron chi connectivity index (χ4n) is 3.88. The van der Waals surface area contributed by atoms with Crippen LogP contribution in [0.15, 0.2) is 30.5 Å². The van der Waals surface area contributed by atoms with Crippen molar-refractivity contribution in [3.8, 4) is 11.8 Å². The zero-order valence-corrected chi connectivity index (χ0v) is 17.2. The molecule has 1 fully saturated rings. The first-order valence-corrected chi connectivity index (χ1v) is 9.98. The smallest absolute Gasteiger partial charge is 0.414 e. The zero-order valence-electron chi connectivity index (χ0n) is 17.2. The molecule has 1 aromatic heterocycles. The van der Waals surface area contributed by atoms with Crippen LogP contribution < -0.4 is 14.4 Å². The number of rotatable bonds is 7. The number of imidazole rings is 1. The quantitative estimate of drug-likeness (QED) is 0.384. The molecule has 0 spiro atoms. The summed E-state index contributed by atoms with van der Waals surface area (Å²) in [5.74, 6) is 0.0739. The molecule has 10 nitrogen and oxygen atoms in total. The van der Waals surface area contributed by atoms with Gasteiger partial charge >= 0.3 is 11.8 Å². The summed E-state index contributed by atoms with van der Waals surface area (Å²) in [6.45, 7) is 2.68. The molecule has 0 saturated carbocycles. The SMILES string of the molecule is COC1(OC)CCN(c2ccc(OC[C@H]3CCn4cc([N+](=O)[O-])nc4O3)cc2)CC1. The Kier molecular flexibility index (Phi) is 5.78. The number of hydrogen-bond donors (Lipinski definition) is 0. The van der Waals surface area contributed by atoms with E-state index in [4.69, 9.17) is 18.9 Å². The lowest BCUT2D eigenvalue weighted by Crippen LogP contribution is -2.46. The van der Waals surface area contributed by atoms with Crippen LogP contribution in [0.4, 0.5) is 11.5 Å². The lowest BCUT2D eigenvalue weighted by molar-refractivity contribution is -0.389. The molecule has 0 N–H and O–H groups in total. The van der Waals surface area contributed by atoms with E-state index in [0.29, 0.717) is 19.6 Å². The van der Waals surface area contributed by atoms with Crippen LogP contribution in [0, 0.1) is 10.1 Å².